The molecule has 2 rings (SSSR count). The second-order valence-corrected chi connectivity index (χ2v) is 6.15. The molecule has 0 atom stereocenters. The number of rotatable bonds is 9. The monoisotopic (exact) mass is 453 g/mol. The van der Waals surface area contributed by atoms with Crippen LogP contribution in [-0.4, -0.2) is 45.4 Å². The quantitative estimate of drug-likeness (QED) is 0.596. The molecule has 0 heterocycles. The van der Waals surface area contributed by atoms with E-state index in [4.69, 9.17) is 19.9 Å². The number of hydrogen-bond acceptors (Lipinski definition) is 7. The van der Waals surface area contributed by atoms with Gasteiger partial charge in [0, 0.05) is 11.3 Å². The molecule has 9 nitrogen and oxygen atoms in total. The Hall–Kier alpha value is -4.14. The van der Waals surface area contributed by atoms with Crippen molar-refractivity contribution in [3.63, 3.8) is 0 Å². The maximum Gasteiger partial charge on any atom is 0.422 e. The molecule has 0 unspecified atom stereocenters. The molecule has 2 aromatic rings. The Balaban J connectivity index is 2.26. The van der Waals surface area contributed by atoms with Crippen LogP contribution in [-0.2, 0) is 4.79 Å². The van der Waals surface area contributed by atoms with E-state index in [1.807, 2.05) is 0 Å². The average Bonchev–Trinajstić information content (AvgIpc) is 2.75. The summed E-state index contributed by atoms with van der Waals surface area (Å²) in [6.07, 6.45) is -4.56. The molecule has 170 valence electrons. The van der Waals surface area contributed by atoms with E-state index in [9.17, 15) is 28.0 Å². The predicted octanol–water partition coefficient (Wildman–Crippen LogP) is 2.63. The largest absolute Gasteiger partial charge is 0.493 e. The van der Waals surface area contributed by atoms with Gasteiger partial charge in [-0.3, -0.25) is 9.59 Å². The number of carbonyl (C=O) groups excluding carboxylic acids is 2. The maximum absolute atomic E-state index is 12.7. The lowest BCUT2D eigenvalue weighted by Gasteiger charge is -2.15. The topological polar surface area (TPSA) is 133 Å². The van der Waals surface area contributed by atoms with Crippen molar-refractivity contribution in [2.24, 2.45) is 5.73 Å². The van der Waals surface area contributed by atoms with Crippen LogP contribution >= 0.6 is 0 Å². The number of nitrogens with zero attached hydrogens (tertiary/aromatic N) is 1. The molecule has 2 amide bonds. The van der Waals surface area contributed by atoms with Gasteiger partial charge in [-0.15, -0.1) is 0 Å². The van der Waals surface area contributed by atoms with Gasteiger partial charge < -0.3 is 30.0 Å². The summed E-state index contributed by atoms with van der Waals surface area (Å²) in [7, 11) is 2.62. The summed E-state index contributed by atoms with van der Waals surface area (Å²) < 4.78 is 57.3. The highest BCUT2D eigenvalue weighted by atomic mass is 19.4. The third-order valence-electron chi connectivity index (χ3n) is 3.83. The van der Waals surface area contributed by atoms with Gasteiger partial charge >= 0.3 is 6.18 Å². The number of nitrogens with one attached hydrogen (secondary N) is 1. The standard InChI is InChI=1S/C20H18F3N3O6/c1-29-15-6-11(7-16(30-2)18(15)31-9-17(25)27)19(28)26-13-3-4-14(12(5-13)8-24)32-10-20(21,22)23/h3-7H,9-10H2,1-2H3,(H2,25,27)(H,26,28). The highest BCUT2D eigenvalue weighted by Crippen LogP contribution is 2.38. The molecular weight excluding hydrogens is 435 g/mol. The van der Waals surface area contributed by atoms with Crippen LogP contribution < -0.4 is 30.0 Å². The number of primary amides is 1. The fraction of sp³-hybridized carbons (Fsp3) is 0.250. The summed E-state index contributed by atoms with van der Waals surface area (Å²) in [4.78, 5) is 23.6. The van der Waals surface area contributed by atoms with Gasteiger partial charge in [0.25, 0.3) is 11.8 Å². The summed E-state index contributed by atoms with van der Waals surface area (Å²) in [5.41, 5.74) is 5.08. The van der Waals surface area contributed by atoms with E-state index in [0.29, 0.717) is 0 Å². The van der Waals surface area contributed by atoms with Gasteiger partial charge in [-0.1, -0.05) is 0 Å². The van der Waals surface area contributed by atoms with Crippen LogP contribution in [0.15, 0.2) is 30.3 Å². The lowest BCUT2D eigenvalue weighted by molar-refractivity contribution is -0.153. The first kappa shape index (κ1) is 24.1. The summed E-state index contributed by atoms with van der Waals surface area (Å²) in [6.45, 7) is -2.00. The number of carbonyl (C=O) groups is 2. The van der Waals surface area contributed by atoms with Crippen LogP contribution in [0.3, 0.4) is 0 Å². The Morgan fingerprint density at radius 3 is 2.19 bits per heavy atom. The Kier molecular flexibility index (Phi) is 7.73. The van der Waals surface area contributed by atoms with Crippen molar-refractivity contribution in [2.75, 3.05) is 32.8 Å². The molecule has 0 bridgehead atoms. The van der Waals surface area contributed by atoms with Crippen LogP contribution in [0, 0.1) is 11.3 Å². The molecule has 0 aliphatic heterocycles. The van der Waals surface area contributed by atoms with Crippen LogP contribution in [0.1, 0.15) is 15.9 Å². The first-order valence-electron chi connectivity index (χ1n) is 8.80. The van der Waals surface area contributed by atoms with Crippen molar-refractivity contribution in [1.82, 2.24) is 0 Å². The van der Waals surface area contributed by atoms with Gasteiger partial charge in [0.2, 0.25) is 5.75 Å². The van der Waals surface area contributed by atoms with Crippen LogP contribution in [0.2, 0.25) is 0 Å². The summed E-state index contributed by atoms with van der Waals surface area (Å²) in [5.74, 6) is -1.41. The van der Waals surface area contributed by atoms with Gasteiger partial charge in [0.15, 0.2) is 24.7 Å². The van der Waals surface area contributed by atoms with E-state index < -0.39 is 31.2 Å². The zero-order chi connectivity index (χ0) is 23.9. The normalized spacial score (nSPS) is 10.6. The van der Waals surface area contributed by atoms with Crippen LogP contribution in [0.5, 0.6) is 23.0 Å². The Morgan fingerprint density at radius 1 is 1.06 bits per heavy atom. The molecule has 0 saturated heterocycles. The minimum atomic E-state index is -4.56. The zero-order valence-electron chi connectivity index (χ0n) is 16.9. The van der Waals surface area contributed by atoms with Crippen molar-refractivity contribution >= 4 is 17.5 Å². The molecule has 0 radical (unpaired) electrons. The first-order chi connectivity index (χ1) is 15.1. The molecule has 0 spiro atoms. The number of alkyl halides is 3. The lowest BCUT2D eigenvalue weighted by atomic mass is 10.1. The number of anilines is 1. The van der Waals surface area contributed by atoms with E-state index in [2.05, 4.69) is 10.1 Å². The lowest BCUT2D eigenvalue weighted by Crippen LogP contribution is -2.20. The third kappa shape index (κ3) is 6.43. The summed E-state index contributed by atoms with van der Waals surface area (Å²) >= 11 is 0. The Bertz CT molecular complexity index is 1020. The fourth-order valence-electron chi connectivity index (χ4n) is 2.48. The minimum absolute atomic E-state index is 0.0586. The molecule has 0 fully saturated rings. The molecule has 0 aromatic heterocycles. The van der Waals surface area contributed by atoms with Crippen LogP contribution in [0.25, 0.3) is 0 Å². The molecule has 3 N–H and O–H groups in total. The van der Waals surface area contributed by atoms with Crippen molar-refractivity contribution in [3.8, 4) is 29.1 Å². The number of benzene rings is 2. The van der Waals surface area contributed by atoms with Crippen LogP contribution in [0.4, 0.5) is 18.9 Å². The Morgan fingerprint density at radius 2 is 1.69 bits per heavy atom. The number of nitriles is 1. The van der Waals surface area contributed by atoms with E-state index in [1.165, 1.54) is 38.5 Å². The summed E-state index contributed by atoms with van der Waals surface area (Å²) in [6, 6.07) is 7.94. The highest BCUT2D eigenvalue weighted by Gasteiger charge is 2.29. The van der Waals surface area contributed by atoms with Gasteiger partial charge in [-0.25, -0.2) is 0 Å². The molecule has 2 aromatic carbocycles. The van der Waals surface area contributed by atoms with E-state index in [1.54, 1.807) is 6.07 Å². The number of hydrogen-bond donors (Lipinski definition) is 2. The first-order valence-corrected chi connectivity index (χ1v) is 8.80. The van der Waals surface area contributed by atoms with E-state index in [0.717, 1.165) is 6.07 Å². The molecule has 12 heteroatoms. The number of amides is 2. The molecule has 0 aliphatic rings. The van der Waals surface area contributed by atoms with Crippen molar-refractivity contribution in [1.29, 1.82) is 5.26 Å². The highest BCUT2D eigenvalue weighted by molar-refractivity contribution is 6.05. The number of methoxy groups -OCH3 is 2. The molecule has 0 aliphatic carbocycles. The average molecular weight is 453 g/mol. The maximum atomic E-state index is 12.7. The molecular formula is C20H18F3N3O6. The molecule has 32 heavy (non-hydrogen) atoms. The fourth-order valence-corrected chi connectivity index (χ4v) is 2.48. The second-order valence-electron chi connectivity index (χ2n) is 6.15. The smallest absolute Gasteiger partial charge is 0.422 e. The van der Waals surface area contributed by atoms with E-state index >= 15 is 0 Å². The minimum Gasteiger partial charge on any atom is -0.493 e. The third-order valence-corrected chi connectivity index (χ3v) is 3.83. The van der Waals surface area contributed by atoms with Gasteiger partial charge in [-0.2, -0.15) is 18.4 Å². The van der Waals surface area contributed by atoms with Crippen molar-refractivity contribution in [2.45, 2.75) is 6.18 Å². The summed E-state index contributed by atoms with van der Waals surface area (Å²) in [5, 5.41) is 11.7. The van der Waals surface area contributed by atoms with Gasteiger partial charge in [-0.05, 0) is 30.3 Å². The number of ether oxygens (including phenoxy) is 4. The molecule has 0 saturated carbocycles. The Labute approximate surface area is 180 Å². The van der Waals surface area contributed by atoms with E-state index in [-0.39, 0.29) is 39.8 Å². The SMILES string of the molecule is COc1cc(C(=O)Nc2ccc(OCC(F)(F)F)c(C#N)c2)cc(OC)c1OCC(N)=O. The van der Waals surface area contributed by atoms with Gasteiger partial charge in [0.05, 0.1) is 19.8 Å². The zero-order valence-corrected chi connectivity index (χ0v) is 16.9. The van der Waals surface area contributed by atoms with Crippen molar-refractivity contribution in [3.05, 3.63) is 41.5 Å². The second kappa shape index (κ2) is 10.3. The van der Waals surface area contributed by atoms with Gasteiger partial charge in [0.1, 0.15) is 11.8 Å². The number of halogens is 3. The predicted molar refractivity (Wildman–Crippen MR) is 105 cm³/mol. The number of nitrogens with two attached hydrogens (primary N) is 1. The van der Waals surface area contributed by atoms with Crippen molar-refractivity contribution < 1.29 is 41.7 Å².